The Bertz CT molecular complexity index is 878. The molecule has 0 atom stereocenters. The number of carbonyl (C=O) groups is 1. The first-order chi connectivity index (χ1) is 11.6. The topological polar surface area (TPSA) is 68.0 Å². The molecule has 0 fully saturated rings. The number of nitrogens with one attached hydrogen (secondary N) is 1. The number of aromatic nitrogens is 2. The van der Waals surface area contributed by atoms with Gasteiger partial charge in [0.1, 0.15) is 5.82 Å². The first-order valence-electron chi connectivity index (χ1n) is 6.86. The Balaban J connectivity index is 1.72. The van der Waals surface area contributed by atoms with Crippen LogP contribution >= 0.6 is 23.2 Å². The van der Waals surface area contributed by atoms with Gasteiger partial charge in [-0.2, -0.15) is 0 Å². The lowest BCUT2D eigenvalue weighted by Gasteiger charge is -2.05. The molecule has 1 heterocycles. The average molecular weight is 366 g/mol. The molecule has 0 aliphatic heterocycles. The summed E-state index contributed by atoms with van der Waals surface area (Å²) >= 11 is 11.9. The van der Waals surface area contributed by atoms with Crippen LogP contribution < -0.4 is 5.32 Å². The van der Waals surface area contributed by atoms with E-state index in [2.05, 4.69) is 15.5 Å². The minimum Gasteiger partial charge on any atom is -0.419 e. The third-order valence-electron chi connectivity index (χ3n) is 3.16. The van der Waals surface area contributed by atoms with Crippen molar-refractivity contribution in [2.45, 2.75) is 6.54 Å². The van der Waals surface area contributed by atoms with E-state index in [1.165, 1.54) is 12.1 Å². The van der Waals surface area contributed by atoms with E-state index in [1.807, 2.05) is 0 Å². The van der Waals surface area contributed by atoms with E-state index in [9.17, 15) is 9.18 Å². The molecule has 3 rings (SSSR count). The molecule has 1 aromatic heterocycles. The van der Waals surface area contributed by atoms with E-state index >= 15 is 0 Å². The Kier molecular flexibility index (Phi) is 4.78. The average Bonchev–Trinajstić information content (AvgIpc) is 3.02. The third kappa shape index (κ3) is 3.39. The number of benzene rings is 2. The van der Waals surface area contributed by atoms with Gasteiger partial charge < -0.3 is 9.73 Å². The lowest BCUT2D eigenvalue weighted by Crippen LogP contribution is -2.24. The van der Waals surface area contributed by atoms with Gasteiger partial charge in [-0.15, -0.1) is 10.2 Å². The Labute approximate surface area is 146 Å². The molecule has 5 nitrogen and oxygen atoms in total. The van der Waals surface area contributed by atoms with Gasteiger partial charge in [0.15, 0.2) is 0 Å². The molecule has 3 aromatic rings. The zero-order valence-corrected chi connectivity index (χ0v) is 13.6. The van der Waals surface area contributed by atoms with Crippen molar-refractivity contribution in [1.82, 2.24) is 15.5 Å². The molecule has 0 radical (unpaired) electrons. The van der Waals surface area contributed by atoms with Gasteiger partial charge in [-0.3, -0.25) is 4.79 Å². The first kappa shape index (κ1) is 16.4. The Morgan fingerprint density at radius 2 is 1.83 bits per heavy atom. The fraction of sp³-hybridized carbons (Fsp3) is 0.0625. The molecule has 8 heteroatoms. The van der Waals surface area contributed by atoms with Crippen LogP contribution in [0.4, 0.5) is 4.39 Å². The van der Waals surface area contributed by atoms with Crippen LogP contribution in [0.1, 0.15) is 16.2 Å². The number of rotatable bonds is 4. The predicted molar refractivity (Wildman–Crippen MR) is 87.3 cm³/mol. The summed E-state index contributed by atoms with van der Waals surface area (Å²) in [6.07, 6.45) is 0. The maximum absolute atomic E-state index is 13.7. The van der Waals surface area contributed by atoms with Gasteiger partial charge >= 0.3 is 0 Å². The minimum atomic E-state index is -0.706. The fourth-order valence-electron chi connectivity index (χ4n) is 2.03. The maximum atomic E-state index is 13.7. The first-order valence-corrected chi connectivity index (χ1v) is 7.61. The summed E-state index contributed by atoms with van der Waals surface area (Å²) in [5, 5.41) is 10.7. The van der Waals surface area contributed by atoms with Gasteiger partial charge in [-0.1, -0.05) is 41.4 Å². The second kappa shape index (κ2) is 6.98. The highest BCUT2D eigenvalue weighted by atomic mass is 35.5. The van der Waals surface area contributed by atoms with Crippen LogP contribution in [0.2, 0.25) is 10.0 Å². The summed E-state index contributed by atoms with van der Waals surface area (Å²) in [5.41, 5.74) is 0.353. The lowest BCUT2D eigenvalue weighted by atomic mass is 10.2. The van der Waals surface area contributed by atoms with Gasteiger partial charge in [-0.05, 0) is 24.3 Å². The molecule has 0 unspecified atom stereocenters. The van der Waals surface area contributed by atoms with Crippen molar-refractivity contribution < 1.29 is 13.6 Å². The smallest absolute Gasteiger partial charge is 0.256 e. The van der Waals surface area contributed by atoms with Crippen molar-refractivity contribution in [3.05, 3.63) is 69.8 Å². The monoisotopic (exact) mass is 365 g/mol. The molecule has 0 spiro atoms. The molecule has 0 bridgehead atoms. The minimum absolute atomic E-state index is 0.0229. The van der Waals surface area contributed by atoms with Crippen molar-refractivity contribution in [3.63, 3.8) is 0 Å². The summed E-state index contributed by atoms with van der Waals surface area (Å²) in [6, 6.07) is 11.0. The van der Waals surface area contributed by atoms with E-state index in [4.69, 9.17) is 27.6 Å². The largest absolute Gasteiger partial charge is 0.419 e. The van der Waals surface area contributed by atoms with E-state index in [0.29, 0.717) is 10.6 Å². The predicted octanol–water partition coefficient (Wildman–Crippen LogP) is 4.11. The highest BCUT2D eigenvalue weighted by molar-refractivity contribution is 6.34. The van der Waals surface area contributed by atoms with Crippen LogP contribution in [0.25, 0.3) is 11.5 Å². The van der Waals surface area contributed by atoms with Gasteiger partial charge in [-0.25, -0.2) is 4.39 Å². The fourth-order valence-corrected chi connectivity index (χ4v) is 2.49. The molecule has 2 aromatic carbocycles. The zero-order chi connectivity index (χ0) is 17.1. The number of hydrogen-bond donors (Lipinski definition) is 1. The molecule has 0 saturated heterocycles. The standard InChI is InChI=1S/C16H10Cl2FN3O2/c17-10-5-2-1-4-9(10)16-22-21-13(24-16)8-20-15(23)14-11(18)6-3-7-12(14)19/h1-7H,8H2,(H,20,23). The van der Waals surface area contributed by atoms with Crippen molar-refractivity contribution in [1.29, 1.82) is 0 Å². The Morgan fingerprint density at radius 3 is 2.58 bits per heavy atom. The van der Waals surface area contributed by atoms with E-state index < -0.39 is 11.7 Å². The number of amides is 1. The highest BCUT2D eigenvalue weighted by Crippen LogP contribution is 2.26. The molecule has 1 N–H and O–H groups in total. The summed E-state index contributed by atoms with van der Waals surface area (Å²) in [6.45, 7) is -0.0685. The van der Waals surface area contributed by atoms with Gasteiger partial charge in [0.05, 0.1) is 27.7 Å². The normalized spacial score (nSPS) is 10.6. The number of halogens is 3. The van der Waals surface area contributed by atoms with Crippen LogP contribution in [0.15, 0.2) is 46.9 Å². The third-order valence-corrected chi connectivity index (χ3v) is 3.81. The summed E-state index contributed by atoms with van der Waals surface area (Å²) in [7, 11) is 0. The van der Waals surface area contributed by atoms with Crippen LogP contribution in [-0.4, -0.2) is 16.1 Å². The van der Waals surface area contributed by atoms with E-state index in [-0.39, 0.29) is 28.9 Å². The highest BCUT2D eigenvalue weighted by Gasteiger charge is 2.17. The van der Waals surface area contributed by atoms with Crippen LogP contribution in [-0.2, 0) is 6.54 Å². The van der Waals surface area contributed by atoms with E-state index in [0.717, 1.165) is 6.07 Å². The van der Waals surface area contributed by atoms with Crippen molar-refractivity contribution >= 4 is 29.1 Å². The summed E-state index contributed by atoms with van der Waals surface area (Å²) in [4.78, 5) is 12.0. The van der Waals surface area contributed by atoms with Crippen molar-refractivity contribution in [2.75, 3.05) is 0 Å². The second-order valence-electron chi connectivity index (χ2n) is 4.76. The molecule has 122 valence electrons. The molecule has 24 heavy (non-hydrogen) atoms. The van der Waals surface area contributed by atoms with Gasteiger partial charge in [0.25, 0.3) is 5.91 Å². The molecule has 0 aliphatic carbocycles. The number of hydrogen-bond acceptors (Lipinski definition) is 4. The van der Waals surface area contributed by atoms with Crippen molar-refractivity contribution in [3.8, 4) is 11.5 Å². The van der Waals surface area contributed by atoms with Crippen LogP contribution in [0, 0.1) is 5.82 Å². The number of nitrogens with zero attached hydrogens (tertiary/aromatic N) is 2. The van der Waals surface area contributed by atoms with Crippen LogP contribution in [0.5, 0.6) is 0 Å². The number of carbonyl (C=O) groups excluding carboxylic acids is 1. The van der Waals surface area contributed by atoms with E-state index in [1.54, 1.807) is 24.3 Å². The van der Waals surface area contributed by atoms with Gasteiger partial charge in [0, 0.05) is 0 Å². The molecule has 1 amide bonds. The van der Waals surface area contributed by atoms with Crippen molar-refractivity contribution in [2.24, 2.45) is 0 Å². The second-order valence-corrected chi connectivity index (χ2v) is 5.57. The van der Waals surface area contributed by atoms with Gasteiger partial charge in [0.2, 0.25) is 11.8 Å². The summed E-state index contributed by atoms with van der Waals surface area (Å²) in [5.74, 6) is -0.989. The Hall–Kier alpha value is -2.44. The molecule has 0 saturated carbocycles. The SMILES string of the molecule is O=C(NCc1nnc(-c2ccccc2Cl)o1)c1c(F)cccc1Cl. The quantitative estimate of drug-likeness (QED) is 0.755. The maximum Gasteiger partial charge on any atom is 0.256 e. The summed E-state index contributed by atoms with van der Waals surface area (Å²) < 4.78 is 19.1. The lowest BCUT2D eigenvalue weighted by molar-refractivity contribution is 0.0943. The van der Waals surface area contributed by atoms with Crippen LogP contribution in [0.3, 0.4) is 0 Å². The molecular formula is C16H10Cl2FN3O2. The zero-order valence-electron chi connectivity index (χ0n) is 12.1. The Morgan fingerprint density at radius 1 is 1.08 bits per heavy atom. The molecular weight excluding hydrogens is 356 g/mol. The molecule has 0 aliphatic rings.